The predicted molar refractivity (Wildman–Crippen MR) is 44.6 cm³/mol. The van der Waals surface area contributed by atoms with Crippen LogP contribution in [0.4, 0.5) is 0 Å². The summed E-state index contributed by atoms with van der Waals surface area (Å²) in [7, 11) is 1.37. The second-order valence-corrected chi connectivity index (χ2v) is 3.05. The minimum Gasteiger partial charge on any atom is -0.468 e. The number of carbonyl (C=O) groups is 1. The fourth-order valence-corrected chi connectivity index (χ4v) is 1.07. The number of methoxy groups -OCH3 is 1. The molecular formula is C7H14ClNO2. The number of esters is 1. The Hall–Kier alpha value is -0.280. The van der Waals surface area contributed by atoms with Gasteiger partial charge in [0.2, 0.25) is 0 Å². The molecule has 0 amide bonds. The van der Waals surface area contributed by atoms with Gasteiger partial charge >= 0.3 is 5.97 Å². The fraction of sp³-hybridized carbons (Fsp3) is 0.857. The highest BCUT2D eigenvalue weighted by Crippen LogP contribution is 2.38. The molecule has 0 aromatic rings. The molecule has 0 heterocycles. The third kappa shape index (κ3) is 2.07. The van der Waals surface area contributed by atoms with Gasteiger partial charge in [0.15, 0.2) is 0 Å². The molecule has 0 radical (unpaired) electrons. The third-order valence-corrected chi connectivity index (χ3v) is 2.05. The average Bonchev–Trinajstić information content (AvgIpc) is 2.66. The molecule has 0 saturated heterocycles. The monoisotopic (exact) mass is 179 g/mol. The van der Waals surface area contributed by atoms with Crippen LogP contribution in [0.5, 0.6) is 0 Å². The summed E-state index contributed by atoms with van der Waals surface area (Å²) in [6.45, 7) is 1.73. The maximum atomic E-state index is 11.0. The Morgan fingerprint density at radius 2 is 2.09 bits per heavy atom. The van der Waals surface area contributed by atoms with Crippen LogP contribution in [-0.4, -0.2) is 18.6 Å². The zero-order chi connectivity index (χ0) is 7.78. The lowest BCUT2D eigenvalue weighted by Crippen LogP contribution is -2.47. The van der Waals surface area contributed by atoms with Gasteiger partial charge in [0.1, 0.15) is 5.54 Å². The second kappa shape index (κ2) is 3.41. The normalized spacial score (nSPS) is 21.4. The van der Waals surface area contributed by atoms with Crippen LogP contribution in [0.25, 0.3) is 0 Å². The van der Waals surface area contributed by atoms with E-state index >= 15 is 0 Å². The van der Waals surface area contributed by atoms with E-state index in [2.05, 4.69) is 4.74 Å². The van der Waals surface area contributed by atoms with E-state index in [0.717, 1.165) is 12.8 Å². The highest BCUT2D eigenvalue weighted by atomic mass is 35.5. The molecule has 0 spiro atoms. The van der Waals surface area contributed by atoms with E-state index in [9.17, 15) is 4.79 Å². The molecule has 1 saturated carbocycles. The number of ether oxygens (including phenoxy) is 1. The summed E-state index contributed by atoms with van der Waals surface area (Å²) in [5.74, 6) is 0.0509. The van der Waals surface area contributed by atoms with Gasteiger partial charge in [-0.2, -0.15) is 0 Å². The van der Waals surface area contributed by atoms with Crippen molar-refractivity contribution >= 4 is 18.4 Å². The van der Waals surface area contributed by atoms with Crippen molar-refractivity contribution in [2.24, 2.45) is 11.7 Å². The van der Waals surface area contributed by atoms with Crippen LogP contribution in [0.1, 0.15) is 19.8 Å². The summed E-state index contributed by atoms with van der Waals surface area (Å²) in [6, 6.07) is 0. The van der Waals surface area contributed by atoms with Gasteiger partial charge in [-0.25, -0.2) is 0 Å². The Bertz CT molecular complexity index is 155. The van der Waals surface area contributed by atoms with Crippen LogP contribution in [0, 0.1) is 5.92 Å². The first kappa shape index (κ1) is 10.7. The highest BCUT2D eigenvalue weighted by Gasteiger charge is 2.44. The topological polar surface area (TPSA) is 52.3 Å². The summed E-state index contributed by atoms with van der Waals surface area (Å²) in [5.41, 5.74) is 4.96. The molecule has 1 rings (SSSR count). The molecule has 0 aromatic heterocycles. The van der Waals surface area contributed by atoms with Gasteiger partial charge in [0.25, 0.3) is 0 Å². The molecule has 1 atom stereocenters. The Balaban J connectivity index is 0.000001000. The second-order valence-electron chi connectivity index (χ2n) is 3.05. The van der Waals surface area contributed by atoms with Gasteiger partial charge in [-0.3, -0.25) is 4.79 Å². The number of carbonyl (C=O) groups excluding carboxylic acids is 1. The van der Waals surface area contributed by atoms with Gasteiger partial charge in [-0.1, -0.05) is 0 Å². The van der Waals surface area contributed by atoms with Crippen molar-refractivity contribution in [2.45, 2.75) is 25.3 Å². The van der Waals surface area contributed by atoms with Crippen LogP contribution >= 0.6 is 12.4 Å². The molecule has 0 aromatic carbocycles. The minimum absolute atomic E-state index is 0. The molecular weight excluding hydrogens is 166 g/mol. The molecule has 4 heteroatoms. The lowest BCUT2D eigenvalue weighted by Gasteiger charge is -2.20. The number of nitrogens with two attached hydrogens (primary N) is 1. The average molecular weight is 180 g/mol. The van der Waals surface area contributed by atoms with E-state index in [4.69, 9.17) is 5.73 Å². The van der Waals surface area contributed by atoms with Crippen LogP contribution in [0.3, 0.4) is 0 Å². The Labute approximate surface area is 72.7 Å². The molecule has 11 heavy (non-hydrogen) atoms. The predicted octanol–water partition coefficient (Wildman–Crippen LogP) is 0.709. The van der Waals surface area contributed by atoms with Crippen LogP contribution in [0.15, 0.2) is 0 Å². The van der Waals surface area contributed by atoms with E-state index < -0.39 is 5.54 Å². The standard InChI is InChI=1S/C7H13NO2.ClH/c1-7(8,5-3-4-5)6(9)10-2;/h5H,3-4,8H2,1-2H3;1H. The Morgan fingerprint density at radius 3 is 2.36 bits per heavy atom. The van der Waals surface area contributed by atoms with Gasteiger partial charge in [-0.15, -0.1) is 12.4 Å². The lowest BCUT2D eigenvalue weighted by atomic mass is 9.98. The van der Waals surface area contributed by atoms with Crippen molar-refractivity contribution < 1.29 is 9.53 Å². The lowest BCUT2D eigenvalue weighted by molar-refractivity contribution is -0.147. The van der Waals surface area contributed by atoms with Gasteiger partial charge in [0.05, 0.1) is 7.11 Å². The van der Waals surface area contributed by atoms with Crippen molar-refractivity contribution in [3.8, 4) is 0 Å². The number of halogens is 1. The van der Waals surface area contributed by atoms with Crippen LogP contribution in [-0.2, 0) is 9.53 Å². The van der Waals surface area contributed by atoms with Gasteiger partial charge < -0.3 is 10.5 Å². The molecule has 1 aliphatic carbocycles. The van der Waals surface area contributed by atoms with Crippen LogP contribution < -0.4 is 5.73 Å². The Kier molecular flexibility index (Phi) is 3.32. The highest BCUT2D eigenvalue weighted by molar-refractivity contribution is 5.85. The SMILES string of the molecule is COC(=O)C(C)(N)C1CC1.Cl. The molecule has 1 unspecified atom stereocenters. The molecule has 0 aliphatic heterocycles. The maximum Gasteiger partial charge on any atom is 0.325 e. The zero-order valence-electron chi connectivity index (χ0n) is 6.79. The summed E-state index contributed by atoms with van der Waals surface area (Å²) in [6.07, 6.45) is 2.12. The van der Waals surface area contributed by atoms with E-state index in [-0.39, 0.29) is 18.4 Å². The first-order chi connectivity index (χ1) is 4.59. The van der Waals surface area contributed by atoms with Crippen molar-refractivity contribution in [1.82, 2.24) is 0 Å². The van der Waals surface area contributed by atoms with Crippen molar-refractivity contribution in [3.63, 3.8) is 0 Å². The molecule has 1 aliphatic rings. The molecule has 0 bridgehead atoms. The van der Waals surface area contributed by atoms with Crippen LogP contribution in [0.2, 0.25) is 0 Å². The third-order valence-electron chi connectivity index (χ3n) is 2.05. The van der Waals surface area contributed by atoms with E-state index in [0.29, 0.717) is 5.92 Å². The van der Waals surface area contributed by atoms with E-state index in [1.54, 1.807) is 6.92 Å². The molecule has 1 fully saturated rings. The smallest absolute Gasteiger partial charge is 0.325 e. The molecule has 66 valence electrons. The zero-order valence-corrected chi connectivity index (χ0v) is 7.61. The van der Waals surface area contributed by atoms with Crippen molar-refractivity contribution in [2.75, 3.05) is 7.11 Å². The summed E-state index contributed by atoms with van der Waals surface area (Å²) < 4.78 is 4.55. The summed E-state index contributed by atoms with van der Waals surface area (Å²) in [4.78, 5) is 11.0. The van der Waals surface area contributed by atoms with Crippen molar-refractivity contribution in [3.05, 3.63) is 0 Å². The van der Waals surface area contributed by atoms with Crippen molar-refractivity contribution in [1.29, 1.82) is 0 Å². The van der Waals surface area contributed by atoms with E-state index in [1.165, 1.54) is 7.11 Å². The minimum atomic E-state index is -0.741. The fourth-order valence-electron chi connectivity index (χ4n) is 1.07. The van der Waals surface area contributed by atoms with Gasteiger partial charge in [-0.05, 0) is 25.7 Å². The number of hydrogen-bond acceptors (Lipinski definition) is 3. The molecule has 3 nitrogen and oxygen atoms in total. The number of hydrogen-bond donors (Lipinski definition) is 1. The molecule has 2 N–H and O–H groups in total. The largest absolute Gasteiger partial charge is 0.468 e. The quantitative estimate of drug-likeness (QED) is 0.636. The first-order valence-electron chi connectivity index (χ1n) is 3.46. The summed E-state index contributed by atoms with van der Waals surface area (Å²) in [5, 5.41) is 0. The summed E-state index contributed by atoms with van der Waals surface area (Å²) >= 11 is 0. The first-order valence-corrected chi connectivity index (χ1v) is 3.46. The van der Waals surface area contributed by atoms with E-state index in [1.807, 2.05) is 0 Å². The Morgan fingerprint density at radius 1 is 1.64 bits per heavy atom. The number of rotatable bonds is 2. The van der Waals surface area contributed by atoms with Gasteiger partial charge in [0, 0.05) is 0 Å². The maximum absolute atomic E-state index is 11.0.